The Bertz CT molecular complexity index is 1340. The van der Waals surface area contributed by atoms with Gasteiger partial charge in [-0.25, -0.2) is 4.79 Å². The zero-order valence-electron chi connectivity index (χ0n) is 45.5. The number of carboxylic acid groups (broad SMARTS) is 1. The Morgan fingerprint density at radius 3 is 1.24 bits per heavy atom. The molecule has 3 N–H and O–H groups in total. The van der Waals surface area contributed by atoms with Crippen LogP contribution in [0, 0.1) is 0 Å². The topological polar surface area (TPSA) is 175 Å². The Hall–Kier alpha value is -2.80. The monoisotopic (exact) mass is 1010 g/mol. The Morgan fingerprint density at radius 1 is 0.451 bits per heavy atom. The lowest BCUT2D eigenvalue weighted by Crippen LogP contribution is -2.61. The number of aliphatic hydroxyl groups is 2. The van der Waals surface area contributed by atoms with Gasteiger partial charge < -0.3 is 39.0 Å². The van der Waals surface area contributed by atoms with Gasteiger partial charge in [-0.05, 0) is 64.2 Å². The average molecular weight is 1010 g/mol. The summed E-state index contributed by atoms with van der Waals surface area (Å²) < 4.78 is 28.4. The van der Waals surface area contributed by atoms with Crippen LogP contribution in [0.3, 0.4) is 0 Å². The fraction of sp³-hybridized carbons (Fsp3) is 0.864. The number of hydrogen-bond acceptors (Lipinski definition) is 11. The number of carbonyl (C=O) groups excluding carboxylic acids is 3. The number of carboxylic acids is 1. The number of hydrogen-bond donors (Lipinski definition) is 3. The molecule has 1 fully saturated rings. The van der Waals surface area contributed by atoms with Crippen molar-refractivity contribution in [1.29, 1.82) is 0 Å². The lowest BCUT2D eigenvalue weighted by Gasteiger charge is -2.40. The van der Waals surface area contributed by atoms with E-state index in [9.17, 15) is 34.5 Å². The predicted octanol–water partition coefficient (Wildman–Crippen LogP) is 14.7. The van der Waals surface area contributed by atoms with Gasteiger partial charge in [-0.2, -0.15) is 0 Å². The molecule has 0 aromatic rings. The molecule has 0 aromatic heterocycles. The minimum absolute atomic E-state index is 0.0652. The third-order valence-electron chi connectivity index (χ3n) is 13.5. The van der Waals surface area contributed by atoms with Gasteiger partial charge in [0, 0.05) is 19.3 Å². The Morgan fingerprint density at radius 2 is 0.817 bits per heavy atom. The summed E-state index contributed by atoms with van der Waals surface area (Å²) in [6, 6.07) is 0. The SMILES string of the molecule is CCCC/C=C\CCCCCCCC(=O)OC(COC(=O)CCCCCCCCC/C=C\CCCCCCCC)COC1OC(C(=O)O)C(O)C(O)C1OC(=O)CCCCCCCCCCCCCCC. The highest BCUT2D eigenvalue weighted by Gasteiger charge is 2.50. The summed E-state index contributed by atoms with van der Waals surface area (Å²) in [4.78, 5) is 51.0. The maximum atomic E-state index is 13.1. The lowest BCUT2D eigenvalue weighted by molar-refractivity contribution is -0.301. The Labute approximate surface area is 432 Å². The van der Waals surface area contributed by atoms with Gasteiger partial charge in [0.05, 0.1) is 6.61 Å². The Balaban J connectivity index is 2.67. The summed E-state index contributed by atoms with van der Waals surface area (Å²) in [6.45, 7) is 5.95. The van der Waals surface area contributed by atoms with E-state index in [1.165, 1.54) is 128 Å². The second kappa shape index (κ2) is 48.2. The molecule has 71 heavy (non-hydrogen) atoms. The third kappa shape index (κ3) is 38.4. The van der Waals surface area contributed by atoms with Crippen LogP contribution in [0.15, 0.2) is 24.3 Å². The van der Waals surface area contributed by atoms with Crippen molar-refractivity contribution < 1.29 is 58.2 Å². The van der Waals surface area contributed by atoms with Crippen molar-refractivity contribution in [3.63, 3.8) is 0 Å². The number of aliphatic carboxylic acids is 1. The molecule has 0 bridgehead atoms. The van der Waals surface area contributed by atoms with E-state index < -0.39 is 67.3 Å². The molecule has 414 valence electrons. The number of rotatable bonds is 50. The number of esters is 3. The first kappa shape index (κ1) is 66.2. The standard InChI is InChI=1S/C59H106O12/c1-4-7-10-13-16-19-22-24-25-26-27-29-31-33-36-39-42-45-51(60)67-48-50(69-52(61)46-43-40-37-34-30-21-18-15-12-9-6-3)49-68-59-57(55(64)54(63)56(71-59)58(65)66)70-53(62)47-44-41-38-35-32-28-23-20-17-14-11-8-5-2/h15,18,24-25,50,54-57,59,63-64H,4-14,16-17,19-23,26-49H2,1-3H3,(H,65,66)/b18-15-,25-24-. The Kier molecular flexibility index (Phi) is 44.9. The van der Waals surface area contributed by atoms with Crippen LogP contribution >= 0.6 is 0 Å². The van der Waals surface area contributed by atoms with Crippen LogP contribution in [0.25, 0.3) is 0 Å². The van der Waals surface area contributed by atoms with E-state index in [2.05, 4.69) is 45.1 Å². The van der Waals surface area contributed by atoms with Gasteiger partial charge in [0.25, 0.3) is 0 Å². The third-order valence-corrected chi connectivity index (χ3v) is 13.5. The quantitative estimate of drug-likeness (QED) is 0.0228. The van der Waals surface area contributed by atoms with Gasteiger partial charge >= 0.3 is 23.9 Å². The van der Waals surface area contributed by atoms with Crippen molar-refractivity contribution in [2.24, 2.45) is 0 Å². The number of carbonyl (C=O) groups is 4. The fourth-order valence-corrected chi connectivity index (χ4v) is 8.93. The molecular weight excluding hydrogens is 901 g/mol. The predicted molar refractivity (Wildman–Crippen MR) is 285 cm³/mol. The van der Waals surface area contributed by atoms with Crippen LogP contribution < -0.4 is 0 Å². The first-order valence-corrected chi connectivity index (χ1v) is 29.3. The van der Waals surface area contributed by atoms with E-state index in [-0.39, 0.29) is 25.9 Å². The van der Waals surface area contributed by atoms with E-state index in [1.807, 2.05) is 0 Å². The van der Waals surface area contributed by atoms with Crippen molar-refractivity contribution >= 4 is 23.9 Å². The molecule has 0 aliphatic carbocycles. The maximum Gasteiger partial charge on any atom is 0.335 e. The minimum Gasteiger partial charge on any atom is -0.479 e. The average Bonchev–Trinajstić information content (AvgIpc) is 3.35. The number of aliphatic hydroxyl groups excluding tert-OH is 2. The lowest BCUT2D eigenvalue weighted by atomic mass is 9.98. The second-order valence-electron chi connectivity index (χ2n) is 20.3. The molecule has 0 amide bonds. The van der Waals surface area contributed by atoms with Gasteiger partial charge in [0.1, 0.15) is 18.8 Å². The summed E-state index contributed by atoms with van der Waals surface area (Å²) in [5.74, 6) is -3.11. The van der Waals surface area contributed by atoms with E-state index in [0.717, 1.165) is 89.9 Å². The molecule has 6 unspecified atom stereocenters. The molecule has 0 radical (unpaired) electrons. The molecule has 1 aliphatic heterocycles. The molecule has 12 heteroatoms. The van der Waals surface area contributed by atoms with Crippen molar-refractivity contribution in [3.05, 3.63) is 24.3 Å². The van der Waals surface area contributed by atoms with Crippen LogP contribution in [0.5, 0.6) is 0 Å². The summed E-state index contributed by atoms with van der Waals surface area (Å²) in [5.41, 5.74) is 0. The summed E-state index contributed by atoms with van der Waals surface area (Å²) in [6.07, 6.45) is 41.5. The van der Waals surface area contributed by atoms with Crippen molar-refractivity contribution in [2.45, 2.75) is 314 Å². The summed E-state index contributed by atoms with van der Waals surface area (Å²) in [5, 5.41) is 31.4. The van der Waals surface area contributed by atoms with Crippen LogP contribution in [0.1, 0.15) is 278 Å². The number of ether oxygens (including phenoxy) is 5. The van der Waals surface area contributed by atoms with Crippen molar-refractivity contribution in [2.75, 3.05) is 13.2 Å². The van der Waals surface area contributed by atoms with Gasteiger partial charge in [-0.3, -0.25) is 14.4 Å². The molecule has 1 aliphatic rings. The van der Waals surface area contributed by atoms with E-state index >= 15 is 0 Å². The maximum absolute atomic E-state index is 13.1. The molecule has 6 atom stereocenters. The molecule has 0 aromatic carbocycles. The van der Waals surface area contributed by atoms with E-state index in [0.29, 0.717) is 19.3 Å². The van der Waals surface area contributed by atoms with E-state index in [1.54, 1.807) is 0 Å². The highest BCUT2D eigenvalue weighted by molar-refractivity contribution is 5.74. The largest absolute Gasteiger partial charge is 0.479 e. The van der Waals surface area contributed by atoms with Crippen LogP contribution in [0.4, 0.5) is 0 Å². The van der Waals surface area contributed by atoms with Gasteiger partial charge in [-0.1, -0.05) is 218 Å². The fourth-order valence-electron chi connectivity index (χ4n) is 8.93. The first-order valence-electron chi connectivity index (χ1n) is 29.3. The zero-order valence-corrected chi connectivity index (χ0v) is 45.5. The van der Waals surface area contributed by atoms with Gasteiger partial charge in [0.15, 0.2) is 24.6 Å². The number of unbranched alkanes of at least 4 members (excludes halogenated alkanes) is 32. The summed E-state index contributed by atoms with van der Waals surface area (Å²) in [7, 11) is 0. The van der Waals surface area contributed by atoms with Crippen LogP contribution in [-0.4, -0.2) is 89.2 Å². The molecule has 1 heterocycles. The van der Waals surface area contributed by atoms with Gasteiger partial charge in [-0.15, -0.1) is 0 Å². The smallest absolute Gasteiger partial charge is 0.335 e. The van der Waals surface area contributed by atoms with E-state index in [4.69, 9.17) is 23.7 Å². The van der Waals surface area contributed by atoms with Crippen molar-refractivity contribution in [3.8, 4) is 0 Å². The summed E-state index contributed by atoms with van der Waals surface area (Å²) >= 11 is 0. The molecule has 1 saturated heterocycles. The van der Waals surface area contributed by atoms with Crippen LogP contribution in [-0.2, 0) is 42.9 Å². The molecular formula is C59H106O12. The molecule has 12 nitrogen and oxygen atoms in total. The van der Waals surface area contributed by atoms with Gasteiger partial charge in [0.2, 0.25) is 0 Å². The first-order chi connectivity index (χ1) is 34.6. The normalized spacial score (nSPS) is 18.6. The minimum atomic E-state index is -1.90. The number of allylic oxidation sites excluding steroid dienone is 4. The van der Waals surface area contributed by atoms with Crippen molar-refractivity contribution in [1.82, 2.24) is 0 Å². The zero-order chi connectivity index (χ0) is 51.8. The molecule has 0 spiro atoms. The highest BCUT2D eigenvalue weighted by atomic mass is 16.7. The second-order valence-corrected chi connectivity index (χ2v) is 20.3. The molecule has 1 rings (SSSR count). The van der Waals surface area contributed by atoms with Crippen LogP contribution in [0.2, 0.25) is 0 Å². The molecule has 0 saturated carbocycles. The highest BCUT2D eigenvalue weighted by Crippen LogP contribution is 2.26.